The molecule has 2 aromatic carbocycles. The summed E-state index contributed by atoms with van der Waals surface area (Å²) >= 11 is 6.18. The van der Waals surface area contributed by atoms with Crippen LogP contribution in [-0.2, 0) is 9.53 Å². The molecular weight excluding hydrogens is 528 g/mol. The smallest absolute Gasteiger partial charge is 0.263 e. The molecule has 212 valence electrons. The van der Waals surface area contributed by atoms with Gasteiger partial charge in [-0.1, -0.05) is 23.7 Å². The van der Waals surface area contributed by atoms with Gasteiger partial charge in [0.05, 0.1) is 28.3 Å². The molecule has 0 N–H and O–H groups in total. The highest BCUT2D eigenvalue weighted by Crippen LogP contribution is 2.38. The zero-order valence-corrected chi connectivity index (χ0v) is 24.0. The number of nitrogens with zero attached hydrogens (tertiary/aromatic N) is 4. The van der Waals surface area contributed by atoms with E-state index in [4.69, 9.17) is 16.3 Å². The summed E-state index contributed by atoms with van der Waals surface area (Å²) in [4.78, 5) is 48.7. The van der Waals surface area contributed by atoms with E-state index in [9.17, 15) is 14.4 Å². The van der Waals surface area contributed by atoms with Crippen molar-refractivity contribution in [2.75, 3.05) is 55.7 Å². The van der Waals surface area contributed by atoms with Crippen LogP contribution < -0.4 is 9.80 Å². The van der Waals surface area contributed by atoms with E-state index in [0.29, 0.717) is 55.2 Å². The van der Waals surface area contributed by atoms with Gasteiger partial charge in [0.25, 0.3) is 11.8 Å². The maximum atomic E-state index is 13.8. The van der Waals surface area contributed by atoms with Crippen molar-refractivity contribution >= 4 is 40.7 Å². The van der Waals surface area contributed by atoms with Crippen LogP contribution in [0.4, 0.5) is 11.4 Å². The van der Waals surface area contributed by atoms with Gasteiger partial charge in [0.2, 0.25) is 5.91 Å². The van der Waals surface area contributed by atoms with Crippen LogP contribution in [0.15, 0.2) is 42.5 Å². The molecule has 2 aromatic rings. The maximum Gasteiger partial charge on any atom is 0.263 e. The number of hydrogen-bond acceptors (Lipinski definition) is 6. The molecule has 8 nitrogen and oxygen atoms in total. The van der Waals surface area contributed by atoms with Crippen LogP contribution in [0.2, 0.25) is 5.02 Å². The van der Waals surface area contributed by atoms with Crippen molar-refractivity contribution in [2.24, 2.45) is 5.92 Å². The average molecular weight is 565 g/mol. The summed E-state index contributed by atoms with van der Waals surface area (Å²) in [5.74, 6) is -0.394. The Balaban J connectivity index is 1.15. The van der Waals surface area contributed by atoms with E-state index >= 15 is 0 Å². The van der Waals surface area contributed by atoms with E-state index < -0.39 is 0 Å². The monoisotopic (exact) mass is 564 g/mol. The molecule has 4 aliphatic heterocycles. The van der Waals surface area contributed by atoms with Crippen LogP contribution in [0.25, 0.3) is 0 Å². The zero-order chi connectivity index (χ0) is 28.0. The van der Waals surface area contributed by atoms with Crippen molar-refractivity contribution < 1.29 is 19.1 Å². The molecular formula is C31H37ClN4O4. The first-order chi connectivity index (χ1) is 19.2. The number of imide groups is 1. The lowest BCUT2D eigenvalue weighted by Crippen LogP contribution is -2.52. The number of piperazine rings is 1. The molecule has 0 aromatic heterocycles. The van der Waals surface area contributed by atoms with Gasteiger partial charge in [-0.3, -0.25) is 19.3 Å². The van der Waals surface area contributed by atoms with Crippen LogP contribution in [0.1, 0.15) is 60.2 Å². The molecule has 0 spiro atoms. The Morgan fingerprint density at radius 2 is 1.73 bits per heavy atom. The minimum absolute atomic E-state index is 0.137. The number of benzene rings is 2. The molecule has 9 heteroatoms. The fourth-order valence-corrected chi connectivity index (χ4v) is 7.00. The Kier molecular flexibility index (Phi) is 7.25. The van der Waals surface area contributed by atoms with Gasteiger partial charge in [-0.2, -0.15) is 0 Å². The molecule has 40 heavy (non-hydrogen) atoms. The van der Waals surface area contributed by atoms with Crippen LogP contribution in [-0.4, -0.2) is 85.0 Å². The number of hydrogen-bond donors (Lipinski definition) is 0. The van der Waals surface area contributed by atoms with Crippen molar-refractivity contribution in [3.63, 3.8) is 0 Å². The average Bonchev–Trinajstić information content (AvgIpc) is 3.22. The Morgan fingerprint density at radius 3 is 2.48 bits per heavy atom. The molecule has 4 heterocycles. The number of piperidine rings is 1. The number of anilines is 2. The highest BCUT2D eigenvalue weighted by Gasteiger charge is 2.45. The van der Waals surface area contributed by atoms with Crippen molar-refractivity contribution in [1.29, 1.82) is 0 Å². The molecule has 2 atom stereocenters. The highest BCUT2D eigenvalue weighted by atomic mass is 35.5. The summed E-state index contributed by atoms with van der Waals surface area (Å²) in [6, 6.07) is 13.2. The molecule has 0 aliphatic carbocycles. The number of carbonyl (C=O) groups is 3. The Morgan fingerprint density at radius 1 is 0.950 bits per heavy atom. The summed E-state index contributed by atoms with van der Waals surface area (Å²) in [7, 11) is 0. The first-order valence-corrected chi connectivity index (χ1v) is 14.8. The fraction of sp³-hybridized carbons (Fsp3) is 0.516. The van der Waals surface area contributed by atoms with Crippen LogP contribution in [0.5, 0.6) is 0 Å². The summed E-state index contributed by atoms with van der Waals surface area (Å²) in [5.41, 5.74) is 2.44. The van der Waals surface area contributed by atoms with E-state index in [0.717, 1.165) is 43.9 Å². The van der Waals surface area contributed by atoms with Crippen molar-refractivity contribution in [2.45, 2.75) is 51.2 Å². The second-order valence-electron chi connectivity index (χ2n) is 12.0. The van der Waals surface area contributed by atoms with Gasteiger partial charge >= 0.3 is 0 Å². The Labute approximate surface area is 240 Å². The Bertz CT molecular complexity index is 1320. The van der Waals surface area contributed by atoms with Gasteiger partial charge in [-0.15, -0.1) is 0 Å². The van der Waals surface area contributed by atoms with Crippen molar-refractivity contribution in [3.05, 3.63) is 58.6 Å². The standard InChI is InChI=1S/C31H37ClN4O4/c1-31(2)19-24(11-17-40-31)36-29(38)25-9-4-10-26(27(25)30(36)39)35-12-5-6-21(20-35)28(37)34-15-13-33(14-16-34)23-8-3-7-22(32)18-23/h3-4,7-10,18,21,24H,5-6,11-17,19-20H2,1-2H3. The van der Waals surface area contributed by atoms with E-state index in [1.807, 2.05) is 49.1 Å². The molecule has 0 radical (unpaired) electrons. The summed E-state index contributed by atoms with van der Waals surface area (Å²) in [6.45, 7) is 8.73. The molecule has 0 saturated carbocycles. The molecule has 3 amide bonds. The SMILES string of the molecule is CC1(C)CC(N2C(=O)c3cccc(N4CCCC(C(=O)N5CCN(c6cccc(Cl)c6)CC5)C4)c3C2=O)CCO1. The molecule has 2 unspecified atom stereocenters. The maximum absolute atomic E-state index is 13.8. The third-order valence-electron chi connectivity index (χ3n) is 8.84. The predicted molar refractivity (Wildman–Crippen MR) is 155 cm³/mol. The number of fused-ring (bicyclic) bond motifs is 1. The second-order valence-corrected chi connectivity index (χ2v) is 12.4. The number of ether oxygens (including phenoxy) is 1. The van der Waals surface area contributed by atoms with Gasteiger partial charge < -0.3 is 19.4 Å². The van der Waals surface area contributed by atoms with E-state index in [1.54, 1.807) is 6.07 Å². The lowest BCUT2D eigenvalue weighted by molar-refractivity contribution is -0.136. The highest BCUT2D eigenvalue weighted by molar-refractivity contribution is 6.30. The van der Waals surface area contributed by atoms with Crippen LogP contribution in [0.3, 0.4) is 0 Å². The van der Waals surface area contributed by atoms with Gasteiger partial charge in [0, 0.05) is 62.6 Å². The third-order valence-corrected chi connectivity index (χ3v) is 9.07. The van der Waals surface area contributed by atoms with E-state index in [-0.39, 0.29) is 35.3 Å². The molecule has 4 aliphatic rings. The van der Waals surface area contributed by atoms with Crippen LogP contribution >= 0.6 is 11.6 Å². The van der Waals surface area contributed by atoms with Gasteiger partial charge in [-0.25, -0.2) is 0 Å². The minimum Gasteiger partial charge on any atom is -0.375 e. The van der Waals surface area contributed by atoms with Gasteiger partial charge in [0.15, 0.2) is 0 Å². The normalized spacial score (nSPS) is 24.9. The zero-order valence-electron chi connectivity index (χ0n) is 23.3. The first-order valence-electron chi connectivity index (χ1n) is 14.4. The quantitative estimate of drug-likeness (QED) is 0.511. The fourth-order valence-electron chi connectivity index (χ4n) is 6.81. The van der Waals surface area contributed by atoms with Gasteiger partial charge in [-0.05, 0) is 69.9 Å². The lowest BCUT2D eigenvalue weighted by atomic mass is 9.93. The largest absolute Gasteiger partial charge is 0.375 e. The molecule has 6 rings (SSSR count). The molecule has 3 saturated heterocycles. The van der Waals surface area contributed by atoms with Crippen LogP contribution in [0, 0.1) is 5.92 Å². The number of rotatable bonds is 4. The van der Waals surface area contributed by atoms with Crippen molar-refractivity contribution in [3.8, 4) is 0 Å². The minimum atomic E-state index is -0.374. The number of halogens is 1. The summed E-state index contributed by atoms with van der Waals surface area (Å²) in [5, 5.41) is 0.714. The van der Waals surface area contributed by atoms with Crippen molar-refractivity contribution in [1.82, 2.24) is 9.80 Å². The summed E-state index contributed by atoms with van der Waals surface area (Å²) < 4.78 is 5.84. The van der Waals surface area contributed by atoms with E-state index in [1.165, 1.54) is 4.90 Å². The first kappa shape index (κ1) is 27.1. The molecule has 3 fully saturated rings. The Hall–Kier alpha value is -3.10. The second kappa shape index (κ2) is 10.7. The van der Waals surface area contributed by atoms with Gasteiger partial charge in [0.1, 0.15) is 0 Å². The number of carbonyl (C=O) groups excluding carboxylic acids is 3. The number of amides is 3. The molecule has 0 bridgehead atoms. The van der Waals surface area contributed by atoms with E-state index in [2.05, 4.69) is 15.9 Å². The topological polar surface area (TPSA) is 73.4 Å². The lowest BCUT2D eigenvalue weighted by Gasteiger charge is -2.40. The third kappa shape index (κ3) is 5.07. The summed E-state index contributed by atoms with van der Waals surface area (Å²) in [6.07, 6.45) is 2.96. The predicted octanol–water partition coefficient (Wildman–Crippen LogP) is 4.46.